The van der Waals surface area contributed by atoms with E-state index < -0.39 is 0 Å². The Morgan fingerprint density at radius 3 is 1.24 bits per heavy atom. The third-order valence-corrected chi connectivity index (χ3v) is 4.87. The number of carbonyl (C=O) groups is 3. The summed E-state index contributed by atoms with van der Waals surface area (Å²) in [5.74, 6) is -0.507. The zero-order chi connectivity index (χ0) is 23.8. The van der Waals surface area contributed by atoms with Crippen LogP contribution in [0.3, 0.4) is 0 Å². The third-order valence-electron chi connectivity index (χ3n) is 4.87. The Morgan fingerprint density at radius 2 is 0.735 bits per heavy atom. The normalized spacial score (nSPS) is 10.1. The van der Waals surface area contributed by atoms with Crippen molar-refractivity contribution in [2.24, 2.45) is 0 Å². The predicted molar refractivity (Wildman–Crippen MR) is 134 cm³/mol. The number of urea groups is 1. The lowest BCUT2D eigenvalue weighted by atomic mass is 10.1. The van der Waals surface area contributed by atoms with Gasteiger partial charge in [0, 0.05) is 33.9 Å². The molecular weight excluding hydrogens is 428 g/mol. The van der Waals surface area contributed by atoms with Crippen molar-refractivity contribution in [3.8, 4) is 0 Å². The molecule has 7 nitrogen and oxygen atoms in total. The fraction of sp³-hybridized carbons (Fsp3) is 0. The van der Waals surface area contributed by atoms with Gasteiger partial charge in [0.25, 0.3) is 11.8 Å². The molecule has 34 heavy (non-hydrogen) atoms. The lowest BCUT2D eigenvalue weighted by Gasteiger charge is -2.10. The molecular formula is C27H22N4O3. The number of para-hydroxylation sites is 1. The van der Waals surface area contributed by atoms with Crippen molar-refractivity contribution in [2.45, 2.75) is 0 Å². The maximum Gasteiger partial charge on any atom is 0.323 e. The van der Waals surface area contributed by atoms with Gasteiger partial charge in [-0.05, 0) is 72.8 Å². The Labute approximate surface area is 196 Å². The SMILES string of the molecule is O=C(Nc1ccccc1)Nc1ccc(NC(=O)c2ccc(NC(=O)c3ccccc3)cc2)cc1. The van der Waals surface area contributed by atoms with Gasteiger partial charge in [0.15, 0.2) is 0 Å². The summed E-state index contributed by atoms with van der Waals surface area (Å²) in [7, 11) is 0. The van der Waals surface area contributed by atoms with E-state index in [9.17, 15) is 14.4 Å². The first-order chi connectivity index (χ1) is 16.6. The van der Waals surface area contributed by atoms with Gasteiger partial charge in [-0.2, -0.15) is 0 Å². The van der Waals surface area contributed by atoms with Crippen LogP contribution in [0, 0.1) is 0 Å². The van der Waals surface area contributed by atoms with Crippen molar-refractivity contribution >= 4 is 40.6 Å². The highest BCUT2D eigenvalue weighted by molar-refractivity contribution is 6.06. The number of hydrogen-bond acceptors (Lipinski definition) is 3. The first-order valence-corrected chi connectivity index (χ1v) is 10.6. The lowest BCUT2D eigenvalue weighted by molar-refractivity contribution is 0.102. The molecule has 0 heterocycles. The molecule has 4 rings (SSSR count). The molecule has 0 aliphatic heterocycles. The molecule has 0 spiro atoms. The minimum absolute atomic E-state index is 0.219. The van der Waals surface area contributed by atoms with Crippen molar-refractivity contribution in [1.82, 2.24) is 0 Å². The molecule has 0 unspecified atom stereocenters. The van der Waals surface area contributed by atoms with Gasteiger partial charge in [-0.25, -0.2) is 4.79 Å². The second-order valence-electron chi connectivity index (χ2n) is 7.37. The van der Waals surface area contributed by atoms with Crippen LogP contribution < -0.4 is 21.3 Å². The van der Waals surface area contributed by atoms with Crippen LogP contribution in [0.1, 0.15) is 20.7 Å². The van der Waals surface area contributed by atoms with E-state index in [0.29, 0.717) is 33.9 Å². The molecule has 0 aliphatic rings. The first kappa shape index (κ1) is 22.3. The molecule has 4 amide bonds. The molecule has 0 bridgehead atoms. The van der Waals surface area contributed by atoms with Crippen LogP contribution in [0.5, 0.6) is 0 Å². The van der Waals surface area contributed by atoms with Crippen molar-refractivity contribution in [3.63, 3.8) is 0 Å². The van der Waals surface area contributed by atoms with E-state index in [1.54, 1.807) is 84.9 Å². The van der Waals surface area contributed by atoms with E-state index in [1.165, 1.54) is 0 Å². The Hall–Kier alpha value is -4.91. The highest BCUT2D eigenvalue weighted by atomic mass is 16.2. The molecule has 7 heteroatoms. The number of rotatable bonds is 6. The van der Waals surface area contributed by atoms with E-state index >= 15 is 0 Å². The van der Waals surface area contributed by atoms with Crippen LogP contribution >= 0.6 is 0 Å². The van der Waals surface area contributed by atoms with Gasteiger partial charge in [0.1, 0.15) is 0 Å². The summed E-state index contributed by atoms with van der Waals surface area (Å²) >= 11 is 0. The number of nitrogens with one attached hydrogen (secondary N) is 4. The summed E-state index contributed by atoms with van der Waals surface area (Å²) in [6, 6.07) is 31.1. The monoisotopic (exact) mass is 450 g/mol. The number of carbonyl (C=O) groups excluding carboxylic acids is 3. The van der Waals surface area contributed by atoms with Gasteiger partial charge in [-0.1, -0.05) is 36.4 Å². The Balaban J connectivity index is 1.30. The van der Waals surface area contributed by atoms with Crippen LogP contribution in [0.15, 0.2) is 109 Å². The molecule has 4 N–H and O–H groups in total. The standard InChI is InChI=1S/C27H22N4O3/c32-25(19-7-3-1-4-8-19)28-22-13-11-20(12-14-22)26(33)29-23-15-17-24(18-16-23)31-27(34)30-21-9-5-2-6-10-21/h1-18H,(H,28,32)(H,29,33)(H2,30,31,34). The number of hydrogen-bond donors (Lipinski definition) is 4. The molecule has 0 aliphatic carbocycles. The molecule has 0 aromatic heterocycles. The van der Waals surface area contributed by atoms with E-state index in [4.69, 9.17) is 0 Å². The van der Waals surface area contributed by atoms with Gasteiger partial charge in [0.05, 0.1) is 0 Å². The molecule has 0 fully saturated rings. The predicted octanol–water partition coefficient (Wildman–Crippen LogP) is 5.84. The quantitative estimate of drug-likeness (QED) is 0.297. The topological polar surface area (TPSA) is 99.3 Å². The molecule has 0 radical (unpaired) electrons. The van der Waals surface area contributed by atoms with Gasteiger partial charge in [-0.15, -0.1) is 0 Å². The molecule has 0 atom stereocenters. The largest absolute Gasteiger partial charge is 0.323 e. The summed E-state index contributed by atoms with van der Waals surface area (Å²) in [6.07, 6.45) is 0. The maximum atomic E-state index is 12.6. The minimum atomic E-state index is -0.359. The molecule has 4 aromatic carbocycles. The van der Waals surface area contributed by atoms with Gasteiger partial charge in [0.2, 0.25) is 0 Å². The molecule has 0 saturated heterocycles. The number of benzene rings is 4. The summed E-state index contributed by atoms with van der Waals surface area (Å²) in [4.78, 5) is 36.9. The summed E-state index contributed by atoms with van der Waals surface area (Å²) in [6.45, 7) is 0. The molecule has 168 valence electrons. The molecule has 0 saturated carbocycles. The summed E-state index contributed by atoms with van der Waals surface area (Å²) in [5.41, 5.74) is 3.46. The Morgan fingerprint density at radius 1 is 0.382 bits per heavy atom. The zero-order valence-electron chi connectivity index (χ0n) is 18.1. The van der Waals surface area contributed by atoms with Crippen molar-refractivity contribution in [2.75, 3.05) is 21.3 Å². The average molecular weight is 450 g/mol. The summed E-state index contributed by atoms with van der Waals surface area (Å²) < 4.78 is 0. The van der Waals surface area contributed by atoms with Crippen LogP contribution in [-0.2, 0) is 0 Å². The Bertz CT molecular complexity index is 1270. The summed E-state index contributed by atoms with van der Waals surface area (Å²) in [5, 5.41) is 11.1. The molecule has 4 aromatic rings. The average Bonchev–Trinajstić information content (AvgIpc) is 2.87. The second-order valence-corrected chi connectivity index (χ2v) is 7.37. The number of amides is 4. The fourth-order valence-electron chi connectivity index (χ4n) is 3.15. The van der Waals surface area contributed by atoms with Gasteiger partial charge >= 0.3 is 6.03 Å². The highest BCUT2D eigenvalue weighted by Gasteiger charge is 2.09. The van der Waals surface area contributed by atoms with Crippen LogP contribution in [0.4, 0.5) is 27.5 Å². The van der Waals surface area contributed by atoms with Crippen LogP contribution in [0.2, 0.25) is 0 Å². The smallest absolute Gasteiger partial charge is 0.322 e. The van der Waals surface area contributed by atoms with Gasteiger partial charge in [-0.3, -0.25) is 9.59 Å². The van der Waals surface area contributed by atoms with Crippen molar-refractivity contribution in [1.29, 1.82) is 0 Å². The number of anilines is 4. The van der Waals surface area contributed by atoms with Crippen molar-refractivity contribution in [3.05, 3.63) is 120 Å². The van der Waals surface area contributed by atoms with E-state index in [-0.39, 0.29) is 17.8 Å². The maximum absolute atomic E-state index is 12.6. The van der Waals surface area contributed by atoms with E-state index in [2.05, 4.69) is 21.3 Å². The van der Waals surface area contributed by atoms with Crippen LogP contribution in [0.25, 0.3) is 0 Å². The minimum Gasteiger partial charge on any atom is -0.322 e. The Kier molecular flexibility index (Phi) is 6.95. The first-order valence-electron chi connectivity index (χ1n) is 10.6. The van der Waals surface area contributed by atoms with Crippen LogP contribution in [-0.4, -0.2) is 17.8 Å². The van der Waals surface area contributed by atoms with Gasteiger partial charge < -0.3 is 21.3 Å². The lowest BCUT2D eigenvalue weighted by Crippen LogP contribution is -2.19. The van der Waals surface area contributed by atoms with E-state index in [0.717, 1.165) is 0 Å². The highest BCUT2D eigenvalue weighted by Crippen LogP contribution is 2.17. The van der Waals surface area contributed by atoms with E-state index in [1.807, 2.05) is 24.3 Å². The second kappa shape index (κ2) is 10.6. The van der Waals surface area contributed by atoms with Crippen molar-refractivity contribution < 1.29 is 14.4 Å². The fourth-order valence-corrected chi connectivity index (χ4v) is 3.15. The third kappa shape index (κ3) is 6.08. The zero-order valence-corrected chi connectivity index (χ0v) is 18.1.